The number of carbonyl (C=O) groups excluding carboxylic acids is 1. The summed E-state index contributed by atoms with van der Waals surface area (Å²) in [7, 11) is 0. The van der Waals surface area contributed by atoms with Gasteiger partial charge in [0.1, 0.15) is 0 Å². The number of rotatable bonds is 6. The third-order valence-corrected chi connectivity index (χ3v) is 2.40. The largest absolute Gasteiger partial charge is 0.392 e. The second-order valence-electron chi connectivity index (χ2n) is 4.17. The highest BCUT2D eigenvalue weighted by Crippen LogP contribution is 2.36. The molecule has 0 bridgehead atoms. The molecule has 2 N–H and O–H groups in total. The van der Waals surface area contributed by atoms with Gasteiger partial charge in [0.25, 0.3) is 0 Å². The quantitative estimate of drug-likeness (QED) is 0.585. The summed E-state index contributed by atoms with van der Waals surface area (Å²) in [6, 6.07) is 0. The number of ketones is 1. The highest BCUT2D eigenvalue weighted by atomic mass is 19.4. The third kappa shape index (κ3) is 4.97. The van der Waals surface area contributed by atoms with E-state index in [1.165, 1.54) is 0 Å². The maximum absolute atomic E-state index is 12.2. The van der Waals surface area contributed by atoms with Gasteiger partial charge in [-0.2, -0.15) is 26.3 Å². The molecule has 0 spiro atoms. The van der Waals surface area contributed by atoms with Crippen molar-refractivity contribution in [3.63, 3.8) is 0 Å². The minimum absolute atomic E-state index is 0.133. The van der Waals surface area contributed by atoms with Gasteiger partial charge in [0, 0.05) is 0 Å². The van der Waals surface area contributed by atoms with Crippen molar-refractivity contribution in [2.75, 3.05) is 0 Å². The lowest BCUT2D eigenvalue weighted by Crippen LogP contribution is -2.54. The number of carbonyl (C=O) groups is 1. The molecule has 0 saturated carbocycles. The molecule has 9 heteroatoms. The highest BCUT2D eigenvalue weighted by Gasteiger charge is 2.54. The average Bonchev–Trinajstić information content (AvgIpc) is 2.23. The van der Waals surface area contributed by atoms with E-state index in [1.807, 2.05) is 0 Å². The lowest BCUT2D eigenvalue weighted by molar-refractivity contribution is -0.194. The van der Waals surface area contributed by atoms with Crippen molar-refractivity contribution in [2.45, 2.75) is 36.4 Å². The van der Waals surface area contributed by atoms with Crippen molar-refractivity contribution in [1.29, 1.82) is 0 Å². The van der Waals surface area contributed by atoms with Gasteiger partial charge in [0.15, 0.2) is 11.2 Å². The Balaban J connectivity index is 5.54. The second-order valence-corrected chi connectivity index (χ2v) is 4.17. The number of alkyl halides is 6. The Labute approximate surface area is 110 Å². The van der Waals surface area contributed by atoms with E-state index >= 15 is 0 Å². The fourth-order valence-electron chi connectivity index (χ4n) is 1.48. The number of aliphatic hydroxyl groups is 2. The topological polar surface area (TPSA) is 57.5 Å². The van der Waals surface area contributed by atoms with Crippen LogP contribution in [0.25, 0.3) is 0 Å². The van der Waals surface area contributed by atoms with Gasteiger partial charge >= 0.3 is 12.4 Å². The van der Waals surface area contributed by atoms with E-state index in [-0.39, 0.29) is 12.2 Å². The first-order valence-corrected chi connectivity index (χ1v) is 5.09. The Bertz CT molecular complexity index is 364. The third-order valence-electron chi connectivity index (χ3n) is 2.40. The zero-order valence-corrected chi connectivity index (χ0v) is 10.1. The molecule has 0 radical (unpaired) electrons. The molecule has 0 rings (SSSR count). The van der Waals surface area contributed by atoms with Crippen LogP contribution >= 0.6 is 0 Å². The molecule has 0 aromatic carbocycles. The molecule has 0 saturated heterocycles. The molecule has 0 heterocycles. The van der Waals surface area contributed by atoms with Crippen molar-refractivity contribution < 1.29 is 41.4 Å². The summed E-state index contributed by atoms with van der Waals surface area (Å²) in [6.45, 7) is 5.57. The molecule has 0 aliphatic carbocycles. The van der Waals surface area contributed by atoms with E-state index in [1.54, 1.807) is 0 Å². The summed E-state index contributed by atoms with van der Waals surface area (Å²) in [6.07, 6.45) is -14.2. The summed E-state index contributed by atoms with van der Waals surface area (Å²) in [5.41, 5.74) is -6.76. The van der Waals surface area contributed by atoms with Crippen LogP contribution in [0.4, 0.5) is 26.3 Å². The van der Waals surface area contributed by atoms with E-state index < -0.39 is 42.2 Å². The van der Waals surface area contributed by atoms with E-state index in [9.17, 15) is 41.4 Å². The zero-order chi connectivity index (χ0) is 16.4. The van der Waals surface area contributed by atoms with Crippen molar-refractivity contribution in [1.82, 2.24) is 0 Å². The monoisotopic (exact) mass is 306 g/mol. The van der Waals surface area contributed by atoms with Gasteiger partial charge < -0.3 is 10.2 Å². The van der Waals surface area contributed by atoms with Crippen LogP contribution in [0.3, 0.4) is 0 Å². The summed E-state index contributed by atoms with van der Waals surface area (Å²) in [4.78, 5) is 11.7. The molecule has 116 valence electrons. The van der Waals surface area contributed by atoms with Gasteiger partial charge in [-0.05, 0) is 0 Å². The minimum atomic E-state index is -5.06. The predicted molar refractivity (Wildman–Crippen MR) is 56.6 cm³/mol. The standard InChI is InChI=1S/C11H12F6O3/c1-3-8(19,5-10(12,13)14)7(18)9(20,4-2)6-11(15,16)17/h3-4,19-20H,1-2,5-6H2/t8-,9-/m1/s1. The van der Waals surface area contributed by atoms with Crippen LogP contribution in [0.5, 0.6) is 0 Å². The number of halogens is 6. The van der Waals surface area contributed by atoms with Gasteiger partial charge in [0.05, 0.1) is 12.8 Å². The Morgan fingerprint density at radius 2 is 1.10 bits per heavy atom. The fraction of sp³-hybridized carbons (Fsp3) is 0.545. The lowest BCUT2D eigenvalue weighted by Gasteiger charge is -2.32. The second kappa shape index (κ2) is 5.57. The van der Waals surface area contributed by atoms with Gasteiger partial charge in [-0.25, -0.2) is 0 Å². The molecule has 0 aromatic heterocycles. The molecule has 2 atom stereocenters. The van der Waals surface area contributed by atoms with Crippen LogP contribution in [0.2, 0.25) is 0 Å². The first-order chi connectivity index (χ1) is 8.69. The Morgan fingerprint density at radius 1 is 0.850 bits per heavy atom. The van der Waals surface area contributed by atoms with Crippen LogP contribution < -0.4 is 0 Å². The summed E-state index contributed by atoms with van der Waals surface area (Å²) in [5, 5.41) is 19.1. The SMILES string of the molecule is C=C[C@@](O)(CC(F)(F)F)C(=O)[C@@](O)(C=C)CC(F)(F)F. The maximum atomic E-state index is 12.2. The Kier molecular flexibility index (Phi) is 5.19. The first-order valence-electron chi connectivity index (χ1n) is 5.09. The van der Waals surface area contributed by atoms with Gasteiger partial charge in [-0.3, -0.25) is 4.79 Å². The molecular weight excluding hydrogens is 294 g/mol. The lowest BCUT2D eigenvalue weighted by atomic mass is 9.81. The van der Waals surface area contributed by atoms with Crippen molar-refractivity contribution >= 4 is 5.78 Å². The highest BCUT2D eigenvalue weighted by molar-refractivity contribution is 5.97. The minimum Gasteiger partial charge on any atom is -0.377 e. The Hall–Kier alpha value is -1.35. The van der Waals surface area contributed by atoms with Gasteiger partial charge in [-0.15, -0.1) is 0 Å². The van der Waals surface area contributed by atoms with E-state index in [2.05, 4.69) is 13.2 Å². The average molecular weight is 306 g/mol. The predicted octanol–water partition coefficient (Wildman–Crippen LogP) is 2.29. The van der Waals surface area contributed by atoms with Crippen LogP contribution in [-0.4, -0.2) is 39.6 Å². The fourth-order valence-corrected chi connectivity index (χ4v) is 1.48. The summed E-state index contributed by atoms with van der Waals surface area (Å²) in [5.74, 6) is -2.09. The van der Waals surface area contributed by atoms with Crippen LogP contribution in [-0.2, 0) is 4.79 Å². The molecule has 20 heavy (non-hydrogen) atoms. The number of hydrogen-bond donors (Lipinski definition) is 2. The summed E-state index contributed by atoms with van der Waals surface area (Å²) < 4.78 is 73.4. The summed E-state index contributed by atoms with van der Waals surface area (Å²) >= 11 is 0. The Morgan fingerprint density at radius 3 is 1.25 bits per heavy atom. The number of Topliss-reactive ketones (excluding diaryl/α,β-unsaturated/α-hetero) is 1. The molecule has 0 fully saturated rings. The molecule has 0 aliphatic heterocycles. The van der Waals surface area contributed by atoms with Crippen molar-refractivity contribution in [3.05, 3.63) is 25.3 Å². The molecule has 0 unspecified atom stereocenters. The zero-order valence-electron chi connectivity index (χ0n) is 10.1. The number of hydrogen-bond acceptors (Lipinski definition) is 3. The van der Waals surface area contributed by atoms with Gasteiger partial charge in [0.2, 0.25) is 5.78 Å². The van der Waals surface area contributed by atoms with Crippen LogP contribution in [0.15, 0.2) is 25.3 Å². The molecule has 0 amide bonds. The van der Waals surface area contributed by atoms with E-state index in [4.69, 9.17) is 0 Å². The normalized spacial score (nSPS) is 18.8. The van der Waals surface area contributed by atoms with Crippen LogP contribution in [0.1, 0.15) is 12.8 Å². The van der Waals surface area contributed by atoms with E-state index in [0.717, 1.165) is 0 Å². The maximum Gasteiger partial charge on any atom is 0.392 e. The molecule has 3 nitrogen and oxygen atoms in total. The van der Waals surface area contributed by atoms with Crippen LogP contribution in [0, 0.1) is 0 Å². The van der Waals surface area contributed by atoms with Crippen molar-refractivity contribution in [3.8, 4) is 0 Å². The first kappa shape index (κ1) is 18.7. The molecular formula is C11H12F6O3. The molecule has 0 aliphatic rings. The smallest absolute Gasteiger partial charge is 0.377 e. The van der Waals surface area contributed by atoms with E-state index in [0.29, 0.717) is 0 Å². The van der Waals surface area contributed by atoms with Gasteiger partial charge in [-0.1, -0.05) is 25.3 Å². The van der Waals surface area contributed by atoms with Crippen molar-refractivity contribution in [2.24, 2.45) is 0 Å². The molecule has 0 aromatic rings.